The number of nitrogens with one attached hydrogen (secondary N) is 1. The van der Waals surface area contributed by atoms with E-state index in [0.29, 0.717) is 23.8 Å². The number of thiophene rings is 1. The third-order valence-electron chi connectivity index (χ3n) is 1.86. The average molecular weight is 328 g/mol. The molecule has 0 fully saturated rings. The number of sulfonamides is 1. The van der Waals surface area contributed by atoms with Crippen molar-refractivity contribution >= 4 is 37.3 Å². The van der Waals surface area contributed by atoms with Crippen LogP contribution in [-0.4, -0.2) is 33.5 Å². The number of ether oxygens (including phenoxy) is 1. The third-order valence-corrected chi connectivity index (χ3v) is 5.44. The first-order chi connectivity index (χ1) is 7.56. The Bertz CT molecular complexity index is 391. The van der Waals surface area contributed by atoms with Crippen molar-refractivity contribution in [3.63, 3.8) is 0 Å². The third kappa shape index (κ3) is 4.50. The maximum Gasteiger partial charge on any atom is 0.250 e. The number of alkyl halides is 1. The molecule has 92 valence electrons. The van der Waals surface area contributed by atoms with Crippen LogP contribution in [0.2, 0.25) is 0 Å². The molecule has 0 amide bonds. The molecular formula is C9H14BrNO3S2. The molecule has 0 aromatic carbocycles. The van der Waals surface area contributed by atoms with Crippen molar-refractivity contribution < 1.29 is 13.2 Å². The zero-order valence-corrected chi connectivity index (χ0v) is 12.1. The first kappa shape index (κ1) is 14.1. The predicted octanol–water partition coefficient (Wildman–Crippen LogP) is 1.83. The van der Waals surface area contributed by atoms with Gasteiger partial charge in [-0.05, 0) is 17.9 Å². The van der Waals surface area contributed by atoms with Crippen molar-refractivity contribution in [2.75, 3.05) is 20.3 Å². The Labute approximate surface area is 108 Å². The summed E-state index contributed by atoms with van der Waals surface area (Å²) in [6.45, 7) is 0.972. The van der Waals surface area contributed by atoms with Gasteiger partial charge in [0.1, 0.15) is 4.21 Å². The molecule has 0 aliphatic heterocycles. The summed E-state index contributed by atoms with van der Waals surface area (Å²) in [7, 11) is -1.71. The van der Waals surface area contributed by atoms with Crippen LogP contribution in [0.4, 0.5) is 0 Å². The second-order valence-electron chi connectivity index (χ2n) is 3.17. The molecule has 0 saturated heterocycles. The Kier molecular flexibility index (Phi) is 5.91. The summed E-state index contributed by atoms with van der Waals surface area (Å²) in [6, 6.07) is 3.31. The number of hydrogen-bond acceptors (Lipinski definition) is 4. The van der Waals surface area contributed by atoms with Gasteiger partial charge in [-0.25, -0.2) is 13.1 Å². The summed E-state index contributed by atoms with van der Waals surface area (Å²) in [5.74, 6) is 0. The van der Waals surface area contributed by atoms with Crippen molar-refractivity contribution in [3.05, 3.63) is 17.5 Å². The minimum absolute atomic E-state index is 0.170. The van der Waals surface area contributed by atoms with Gasteiger partial charge in [0, 0.05) is 18.5 Å². The van der Waals surface area contributed by atoms with Crippen LogP contribution in [0.1, 0.15) is 6.42 Å². The van der Waals surface area contributed by atoms with Crippen molar-refractivity contribution in [1.82, 2.24) is 4.72 Å². The Hall–Kier alpha value is 0.0500. The van der Waals surface area contributed by atoms with Gasteiger partial charge < -0.3 is 4.74 Å². The highest BCUT2D eigenvalue weighted by molar-refractivity contribution is 9.09. The quantitative estimate of drug-likeness (QED) is 0.777. The minimum atomic E-state index is -3.32. The summed E-state index contributed by atoms with van der Waals surface area (Å²) in [5, 5.41) is 1.74. The van der Waals surface area contributed by atoms with Gasteiger partial charge in [-0.2, -0.15) is 0 Å². The highest BCUT2D eigenvalue weighted by Gasteiger charge is 2.14. The van der Waals surface area contributed by atoms with Gasteiger partial charge >= 0.3 is 0 Å². The van der Waals surface area contributed by atoms with Gasteiger partial charge in [-0.1, -0.05) is 22.0 Å². The first-order valence-corrected chi connectivity index (χ1v) is 8.00. The van der Waals surface area contributed by atoms with Gasteiger partial charge in [0.2, 0.25) is 10.0 Å². The summed E-state index contributed by atoms with van der Waals surface area (Å²) in [6.07, 6.45) is 0.693. The lowest BCUT2D eigenvalue weighted by Gasteiger charge is -2.09. The van der Waals surface area contributed by atoms with E-state index in [-0.39, 0.29) is 4.83 Å². The Morgan fingerprint density at radius 3 is 2.94 bits per heavy atom. The van der Waals surface area contributed by atoms with E-state index in [1.165, 1.54) is 11.3 Å². The number of hydrogen-bond donors (Lipinski definition) is 1. The number of methoxy groups -OCH3 is 1. The zero-order chi connectivity index (χ0) is 12.0. The van der Waals surface area contributed by atoms with Crippen LogP contribution in [0, 0.1) is 0 Å². The highest BCUT2D eigenvalue weighted by Crippen LogP contribution is 2.15. The summed E-state index contributed by atoms with van der Waals surface area (Å²) in [5.41, 5.74) is 0. The Morgan fingerprint density at radius 2 is 2.38 bits per heavy atom. The monoisotopic (exact) mass is 327 g/mol. The van der Waals surface area contributed by atoms with Crippen LogP contribution in [-0.2, 0) is 14.8 Å². The molecule has 0 aliphatic rings. The molecular weight excluding hydrogens is 314 g/mol. The lowest BCUT2D eigenvalue weighted by Crippen LogP contribution is -2.26. The second kappa shape index (κ2) is 6.70. The van der Waals surface area contributed by atoms with Crippen LogP contribution in [0.15, 0.2) is 21.7 Å². The molecule has 1 unspecified atom stereocenters. The van der Waals surface area contributed by atoms with Crippen molar-refractivity contribution in [3.8, 4) is 0 Å². The van der Waals surface area contributed by atoms with Crippen LogP contribution in [0.3, 0.4) is 0 Å². The van der Waals surface area contributed by atoms with E-state index < -0.39 is 10.0 Å². The molecule has 0 spiro atoms. The van der Waals surface area contributed by atoms with E-state index in [9.17, 15) is 8.42 Å². The fourth-order valence-electron chi connectivity index (χ4n) is 1.10. The first-order valence-electron chi connectivity index (χ1n) is 4.72. The Morgan fingerprint density at radius 1 is 1.62 bits per heavy atom. The molecule has 0 bridgehead atoms. The van der Waals surface area contributed by atoms with Gasteiger partial charge in [0.15, 0.2) is 0 Å². The molecule has 4 nitrogen and oxygen atoms in total. The maximum atomic E-state index is 11.7. The summed E-state index contributed by atoms with van der Waals surface area (Å²) in [4.78, 5) is 0.170. The van der Waals surface area contributed by atoms with E-state index in [2.05, 4.69) is 20.7 Å². The molecule has 1 N–H and O–H groups in total. The summed E-state index contributed by atoms with van der Waals surface area (Å²) >= 11 is 4.61. The van der Waals surface area contributed by atoms with Gasteiger partial charge in [0.25, 0.3) is 0 Å². The molecule has 1 rings (SSSR count). The molecule has 7 heteroatoms. The number of rotatable bonds is 7. The van der Waals surface area contributed by atoms with Crippen LogP contribution >= 0.6 is 27.3 Å². The highest BCUT2D eigenvalue weighted by atomic mass is 79.9. The molecule has 0 aliphatic carbocycles. The van der Waals surface area contributed by atoms with Crippen molar-refractivity contribution in [2.45, 2.75) is 15.5 Å². The fraction of sp³-hybridized carbons (Fsp3) is 0.556. The van der Waals surface area contributed by atoms with Crippen molar-refractivity contribution in [2.24, 2.45) is 0 Å². The number of halogens is 1. The smallest absolute Gasteiger partial charge is 0.250 e. The lowest BCUT2D eigenvalue weighted by molar-refractivity contribution is 0.199. The van der Waals surface area contributed by atoms with E-state index in [4.69, 9.17) is 4.74 Å². The van der Waals surface area contributed by atoms with Gasteiger partial charge in [-0.3, -0.25) is 0 Å². The topological polar surface area (TPSA) is 55.4 Å². The molecule has 0 radical (unpaired) electrons. The molecule has 16 heavy (non-hydrogen) atoms. The Balaban J connectivity index is 2.38. The zero-order valence-electron chi connectivity index (χ0n) is 8.85. The van der Waals surface area contributed by atoms with Crippen molar-refractivity contribution in [1.29, 1.82) is 0 Å². The SMILES string of the molecule is COCC(Br)CCNS(=O)(=O)c1cccs1. The van der Waals surface area contributed by atoms with E-state index in [1.54, 1.807) is 24.6 Å². The minimum Gasteiger partial charge on any atom is -0.384 e. The fourth-order valence-corrected chi connectivity index (χ4v) is 3.68. The summed E-state index contributed by atoms with van der Waals surface area (Å²) < 4.78 is 31.2. The molecule has 0 saturated carbocycles. The molecule has 1 heterocycles. The second-order valence-corrected chi connectivity index (χ2v) is 7.41. The normalized spacial score (nSPS) is 13.9. The standard InChI is InChI=1S/C9H14BrNO3S2/c1-14-7-8(10)4-5-11-16(12,13)9-3-2-6-15-9/h2-3,6,8,11H,4-5,7H2,1H3. The maximum absolute atomic E-state index is 11.7. The van der Waals surface area contributed by atoms with Gasteiger partial charge in [-0.15, -0.1) is 11.3 Å². The molecule has 1 atom stereocenters. The van der Waals surface area contributed by atoms with E-state index in [0.717, 1.165) is 0 Å². The largest absolute Gasteiger partial charge is 0.384 e. The molecule has 1 aromatic heterocycles. The average Bonchev–Trinajstić information content (AvgIpc) is 2.71. The van der Waals surface area contributed by atoms with Crippen LogP contribution in [0.25, 0.3) is 0 Å². The van der Waals surface area contributed by atoms with Gasteiger partial charge in [0.05, 0.1) is 6.61 Å². The lowest BCUT2D eigenvalue weighted by atomic mass is 10.3. The van der Waals surface area contributed by atoms with Crippen LogP contribution < -0.4 is 4.72 Å². The van der Waals surface area contributed by atoms with E-state index in [1.807, 2.05) is 0 Å². The molecule has 1 aromatic rings. The predicted molar refractivity (Wildman–Crippen MR) is 68.7 cm³/mol. The van der Waals surface area contributed by atoms with Crippen LogP contribution in [0.5, 0.6) is 0 Å². The van der Waals surface area contributed by atoms with E-state index >= 15 is 0 Å².